The smallest absolute Gasteiger partial charge is 0.460 e. The lowest BCUT2D eigenvalue weighted by Crippen LogP contribution is -2.70. The van der Waals surface area contributed by atoms with E-state index in [4.69, 9.17) is 14.9 Å². The van der Waals surface area contributed by atoms with Gasteiger partial charge >= 0.3 is 47.7 Å². The Bertz CT molecular complexity index is 1060. The zero-order valence-electron chi connectivity index (χ0n) is 22.0. The first-order chi connectivity index (χ1) is 19.4. The van der Waals surface area contributed by atoms with Crippen LogP contribution in [0.15, 0.2) is 18.2 Å². The molecule has 0 aliphatic carbocycles. The minimum absolute atomic E-state index is 0.0392. The van der Waals surface area contributed by atoms with E-state index >= 15 is 0 Å². The molecule has 1 aromatic carbocycles. The van der Waals surface area contributed by atoms with Crippen molar-refractivity contribution >= 4 is 11.9 Å². The van der Waals surface area contributed by atoms with E-state index in [1.165, 1.54) is 0 Å². The van der Waals surface area contributed by atoms with Crippen molar-refractivity contribution in [3.63, 3.8) is 0 Å². The quantitative estimate of drug-likeness (QED) is 0.115. The van der Waals surface area contributed by atoms with Gasteiger partial charge in [0.05, 0.1) is 17.7 Å². The first-order valence-corrected chi connectivity index (χ1v) is 12.6. The highest BCUT2D eigenvalue weighted by atomic mass is 19.4. The van der Waals surface area contributed by atoms with Crippen LogP contribution in [-0.4, -0.2) is 64.5 Å². The van der Waals surface area contributed by atoms with Gasteiger partial charge in [0.1, 0.15) is 5.75 Å². The van der Waals surface area contributed by atoms with Gasteiger partial charge in [0.25, 0.3) is 0 Å². The van der Waals surface area contributed by atoms with E-state index in [-0.39, 0.29) is 36.3 Å². The van der Waals surface area contributed by atoms with Crippen LogP contribution >= 0.6 is 0 Å². The maximum Gasteiger partial charge on any atom is 0.460 e. The van der Waals surface area contributed by atoms with Crippen LogP contribution in [0.5, 0.6) is 5.75 Å². The fraction of sp³-hybridized carbons (Fsp3) is 0.680. The van der Waals surface area contributed by atoms with Gasteiger partial charge in [-0.3, -0.25) is 0 Å². The number of unbranched alkanes of at least 4 members (excludes halogenated alkanes) is 8. The highest BCUT2D eigenvalue weighted by Gasteiger charge is 2.90. The van der Waals surface area contributed by atoms with Crippen LogP contribution in [0.4, 0.5) is 57.1 Å². The van der Waals surface area contributed by atoms with E-state index in [9.17, 15) is 66.7 Å². The van der Waals surface area contributed by atoms with Gasteiger partial charge in [-0.15, -0.1) is 0 Å². The van der Waals surface area contributed by atoms with E-state index in [2.05, 4.69) is 0 Å². The van der Waals surface area contributed by atoms with E-state index in [1.54, 1.807) is 0 Å². The summed E-state index contributed by atoms with van der Waals surface area (Å²) in [6.45, 7) is 0.125. The zero-order chi connectivity index (χ0) is 33.5. The molecule has 0 spiro atoms. The van der Waals surface area contributed by atoms with E-state index in [0.29, 0.717) is 38.5 Å². The van der Waals surface area contributed by atoms with Gasteiger partial charge in [0.2, 0.25) is 0 Å². The van der Waals surface area contributed by atoms with Gasteiger partial charge in [-0.1, -0.05) is 44.9 Å². The number of halogens is 13. The van der Waals surface area contributed by atoms with Crippen molar-refractivity contribution in [1.29, 1.82) is 0 Å². The second-order valence-corrected chi connectivity index (χ2v) is 9.64. The van der Waals surface area contributed by atoms with Crippen molar-refractivity contribution < 1.29 is 81.6 Å². The Kier molecular flexibility index (Phi) is 12.6. The van der Waals surface area contributed by atoms with Gasteiger partial charge in [-0.2, -0.15) is 57.1 Å². The Labute approximate surface area is 236 Å². The van der Waals surface area contributed by atoms with Gasteiger partial charge in [0, 0.05) is 6.42 Å². The Morgan fingerprint density at radius 1 is 0.535 bits per heavy atom. The number of rotatable bonds is 19. The molecule has 0 amide bonds. The summed E-state index contributed by atoms with van der Waals surface area (Å²) in [5, 5.41) is 18.1. The SMILES string of the molecule is O=C(O)c1cc(OCCCCCCCCCCCC(F)(F)C(F)(F)C(F)(F)C(F)(F)C(F)(F)C(F)(F)F)cc(C(=O)O)c1. The summed E-state index contributed by atoms with van der Waals surface area (Å²) in [4.78, 5) is 22.2. The number of benzene rings is 1. The van der Waals surface area contributed by atoms with Crippen molar-refractivity contribution in [2.45, 2.75) is 100.0 Å². The zero-order valence-corrected chi connectivity index (χ0v) is 22.0. The van der Waals surface area contributed by atoms with Crippen LogP contribution in [0.25, 0.3) is 0 Å². The number of carboxylic acid groups (broad SMARTS) is 2. The third-order valence-electron chi connectivity index (χ3n) is 6.30. The lowest BCUT2D eigenvalue weighted by Gasteiger charge is -2.39. The van der Waals surface area contributed by atoms with Crippen molar-refractivity contribution in [2.75, 3.05) is 6.61 Å². The fourth-order valence-electron chi connectivity index (χ4n) is 3.76. The average molecular weight is 654 g/mol. The molecule has 43 heavy (non-hydrogen) atoms. The van der Waals surface area contributed by atoms with E-state index in [1.807, 2.05) is 0 Å². The molecule has 248 valence electrons. The average Bonchev–Trinajstić information content (AvgIpc) is 2.87. The molecule has 1 rings (SSSR count). The van der Waals surface area contributed by atoms with E-state index in [0.717, 1.165) is 18.2 Å². The van der Waals surface area contributed by atoms with Crippen LogP contribution in [0.1, 0.15) is 84.9 Å². The summed E-state index contributed by atoms with van der Waals surface area (Å²) in [7, 11) is 0. The largest absolute Gasteiger partial charge is 0.494 e. The maximum atomic E-state index is 13.8. The minimum Gasteiger partial charge on any atom is -0.494 e. The number of ether oxygens (including phenoxy) is 1. The monoisotopic (exact) mass is 654 g/mol. The van der Waals surface area contributed by atoms with Crippen molar-refractivity contribution in [3.05, 3.63) is 29.3 Å². The van der Waals surface area contributed by atoms with Gasteiger partial charge in [0.15, 0.2) is 0 Å². The van der Waals surface area contributed by atoms with Crippen LogP contribution in [0.3, 0.4) is 0 Å². The van der Waals surface area contributed by atoms with Crippen molar-refractivity contribution in [2.24, 2.45) is 0 Å². The molecule has 18 heteroatoms. The van der Waals surface area contributed by atoms with Crippen LogP contribution in [-0.2, 0) is 0 Å². The van der Waals surface area contributed by atoms with Gasteiger partial charge in [-0.05, 0) is 31.0 Å². The molecule has 0 saturated heterocycles. The number of carbonyl (C=O) groups is 2. The topological polar surface area (TPSA) is 83.8 Å². The number of hydrogen-bond donors (Lipinski definition) is 2. The highest BCUT2D eigenvalue weighted by molar-refractivity contribution is 5.94. The summed E-state index contributed by atoms with van der Waals surface area (Å²) >= 11 is 0. The lowest BCUT2D eigenvalue weighted by atomic mass is 9.91. The van der Waals surface area contributed by atoms with Crippen LogP contribution in [0, 0.1) is 0 Å². The van der Waals surface area contributed by atoms with Gasteiger partial charge in [-0.25, -0.2) is 9.59 Å². The molecule has 2 N–H and O–H groups in total. The molecule has 0 aromatic heterocycles. The predicted molar refractivity (Wildman–Crippen MR) is 123 cm³/mol. The van der Waals surface area contributed by atoms with E-state index < -0.39 is 60.6 Å². The second-order valence-electron chi connectivity index (χ2n) is 9.64. The summed E-state index contributed by atoms with van der Waals surface area (Å²) < 4.78 is 176. The summed E-state index contributed by atoms with van der Waals surface area (Å²) in [5.74, 6) is -39.3. The second kappa shape index (κ2) is 14.2. The number of carboxylic acids is 2. The van der Waals surface area contributed by atoms with Gasteiger partial charge < -0.3 is 14.9 Å². The summed E-state index contributed by atoms with van der Waals surface area (Å²) in [6.07, 6.45) is -7.53. The molecular weight excluding hydrogens is 627 g/mol. The van der Waals surface area contributed by atoms with Crippen LogP contribution in [0.2, 0.25) is 0 Å². The molecule has 0 atom stereocenters. The normalized spacial score (nSPS) is 13.7. The molecule has 0 unspecified atom stereocenters. The molecule has 0 saturated carbocycles. The summed E-state index contributed by atoms with van der Waals surface area (Å²) in [6, 6.07) is 3.27. The Morgan fingerprint density at radius 3 is 1.30 bits per heavy atom. The number of hydrogen-bond acceptors (Lipinski definition) is 3. The van der Waals surface area contributed by atoms with Crippen molar-refractivity contribution in [3.8, 4) is 5.75 Å². The number of alkyl halides is 13. The first kappa shape index (κ1) is 38.1. The van der Waals surface area contributed by atoms with Crippen LogP contribution < -0.4 is 4.74 Å². The molecule has 0 radical (unpaired) electrons. The molecule has 0 aliphatic rings. The maximum absolute atomic E-state index is 13.8. The fourth-order valence-corrected chi connectivity index (χ4v) is 3.76. The third-order valence-corrected chi connectivity index (χ3v) is 6.30. The molecule has 0 fully saturated rings. The minimum atomic E-state index is -7.88. The lowest BCUT2D eigenvalue weighted by molar-refractivity contribution is -0.440. The molecule has 5 nitrogen and oxygen atoms in total. The molecular formula is C25H27F13O5. The third kappa shape index (κ3) is 8.80. The number of aromatic carboxylic acids is 2. The van der Waals surface area contributed by atoms with Crippen molar-refractivity contribution in [1.82, 2.24) is 0 Å². The Hall–Kier alpha value is -2.95. The predicted octanol–water partition coefficient (Wildman–Crippen LogP) is 9.10. The Balaban J connectivity index is 2.41. The molecule has 0 bridgehead atoms. The highest BCUT2D eigenvalue weighted by Crippen LogP contribution is 2.60. The standard InChI is InChI=1S/C25H27F13O5/c26-20(27,21(28,29)22(30,31)23(32,33)24(34,35)25(36,37)38)10-8-6-4-2-1-3-5-7-9-11-43-17-13-15(18(39)40)12-16(14-17)19(41)42/h12-14H,1-11H2,(H,39,40)(H,41,42). The molecule has 0 aliphatic heterocycles. The first-order valence-electron chi connectivity index (χ1n) is 12.6. The molecule has 1 aromatic rings. The summed E-state index contributed by atoms with van der Waals surface area (Å²) in [5.41, 5.74) is -0.560. The Morgan fingerprint density at radius 2 is 0.907 bits per heavy atom. The molecule has 0 heterocycles.